The SMILES string of the molecule is COC(=O)/C(=C\[Si](C)(C)C)C(CCC1CCCCC1)C(=O)OC. The van der Waals surface area contributed by atoms with Gasteiger partial charge in [0, 0.05) is 5.57 Å². The van der Waals surface area contributed by atoms with Crippen LogP contribution in [0.25, 0.3) is 0 Å². The maximum atomic E-state index is 12.3. The highest BCUT2D eigenvalue weighted by atomic mass is 28.3. The van der Waals surface area contributed by atoms with Crippen molar-refractivity contribution in [1.82, 2.24) is 0 Å². The van der Waals surface area contributed by atoms with Crippen molar-refractivity contribution in [2.45, 2.75) is 64.6 Å². The van der Waals surface area contributed by atoms with E-state index in [1.54, 1.807) is 0 Å². The molecule has 0 saturated heterocycles. The Balaban J connectivity index is 2.93. The highest BCUT2D eigenvalue weighted by Gasteiger charge is 2.31. The molecule has 1 unspecified atom stereocenters. The Morgan fingerprint density at radius 3 is 2.17 bits per heavy atom. The molecular formula is C18H32O4Si. The smallest absolute Gasteiger partial charge is 0.333 e. The van der Waals surface area contributed by atoms with Crippen molar-refractivity contribution in [2.75, 3.05) is 14.2 Å². The second-order valence-electron chi connectivity index (χ2n) is 7.61. The molecule has 0 radical (unpaired) electrons. The van der Waals surface area contributed by atoms with Gasteiger partial charge in [-0.2, -0.15) is 0 Å². The molecule has 0 heterocycles. The van der Waals surface area contributed by atoms with Crippen molar-refractivity contribution in [3.05, 3.63) is 11.3 Å². The molecule has 1 fully saturated rings. The minimum absolute atomic E-state index is 0.323. The van der Waals surface area contributed by atoms with Gasteiger partial charge in [-0.15, -0.1) is 0 Å². The predicted molar refractivity (Wildman–Crippen MR) is 94.8 cm³/mol. The molecule has 1 saturated carbocycles. The van der Waals surface area contributed by atoms with Crippen LogP contribution in [-0.2, 0) is 19.1 Å². The molecule has 0 bridgehead atoms. The maximum absolute atomic E-state index is 12.3. The molecule has 1 atom stereocenters. The lowest BCUT2D eigenvalue weighted by atomic mass is 9.83. The number of methoxy groups -OCH3 is 2. The van der Waals surface area contributed by atoms with Crippen molar-refractivity contribution in [3.8, 4) is 0 Å². The van der Waals surface area contributed by atoms with E-state index in [2.05, 4.69) is 19.6 Å². The number of esters is 2. The van der Waals surface area contributed by atoms with E-state index in [-0.39, 0.29) is 5.97 Å². The summed E-state index contributed by atoms with van der Waals surface area (Å²) < 4.78 is 9.90. The van der Waals surface area contributed by atoms with Crippen LogP contribution in [-0.4, -0.2) is 34.2 Å². The van der Waals surface area contributed by atoms with Crippen LogP contribution in [0, 0.1) is 11.8 Å². The van der Waals surface area contributed by atoms with Gasteiger partial charge in [0.1, 0.15) is 0 Å². The van der Waals surface area contributed by atoms with Crippen molar-refractivity contribution < 1.29 is 19.1 Å². The minimum atomic E-state index is -1.66. The van der Waals surface area contributed by atoms with Crippen LogP contribution in [0.4, 0.5) is 0 Å². The predicted octanol–water partition coefficient (Wildman–Crippen LogP) is 4.11. The van der Waals surface area contributed by atoms with Gasteiger partial charge in [0.15, 0.2) is 0 Å². The van der Waals surface area contributed by atoms with Gasteiger partial charge in [0.05, 0.1) is 28.2 Å². The number of ether oxygens (including phenoxy) is 2. The molecule has 4 nitrogen and oxygen atoms in total. The Morgan fingerprint density at radius 1 is 1.09 bits per heavy atom. The first-order valence-corrected chi connectivity index (χ1v) is 12.2. The van der Waals surface area contributed by atoms with E-state index in [1.165, 1.54) is 46.3 Å². The monoisotopic (exact) mass is 340 g/mol. The summed E-state index contributed by atoms with van der Waals surface area (Å²) in [6.45, 7) is 6.43. The van der Waals surface area contributed by atoms with E-state index in [0.29, 0.717) is 17.9 Å². The zero-order valence-electron chi connectivity index (χ0n) is 15.3. The summed E-state index contributed by atoms with van der Waals surface area (Å²) >= 11 is 0. The lowest BCUT2D eigenvalue weighted by Crippen LogP contribution is -2.28. The van der Waals surface area contributed by atoms with Crippen molar-refractivity contribution in [1.29, 1.82) is 0 Å². The summed E-state index contributed by atoms with van der Waals surface area (Å²) in [5, 5.41) is 0. The molecule has 0 amide bonds. The number of hydrogen-bond acceptors (Lipinski definition) is 4. The molecule has 5 heteroatoms. The second-order valence-corrected chi connectivity index (χ2v) is 12.6. The second kappa shape index (κ2) is 9.26. The third-order valence-electron chi connectivity index (χ3n) is 4.46. The zero-order valence-corrected chi connectivity index (χ0v) is 16.3. The molecule has 0 aromatic rings. The van der Waals surface area contributed by atoms with Gasteiger partial charge in [0.25, 0.3) is 0 Å². The van der Waals surface area contributed by atoms with Crippen molar-refractivity contribution in [3.63, 3.8) is 0 Å². The quantitative estimate of drug-likeness (QED) is 0.397. The normalized spacial score (nSPS) is 18.4. The summed E-state index contributed by atoms with van der Waals surface area (Å²) in [5.74, 6) is -0.551. The Morgan fingerprint density at radius 2 is 1.70 bits per heavy atom. The molecule has 0 aromatic heterocycles. The van der Waals surface area contributed by atoms with Crippen LogP contribution in [0.5, 0.6) is 0 Å². The number of carbonyl (C=O) groups excluding carboxylic acids is 2. The Kier molecular flexibility index (Phi) is 8.03. The van der Waals surface area contributed by atoms with E-state index < -0.39 is 20.0 Å². The molecule has 0 spiro atoms. The third-order valence-corrected chi connectivity index (χ3v) is 5.64. The van der Waals surface area contributed by atoms with Crippen LogP contribution in [0.3, 0.4) is 0 Å². The standard InChI is InChI=1S/C18H32O4Si/c1-21-17(19)15(12-11-14-9-7-6-8-10-14)16(18(20)22-2)13-23(3,4)5/h13-15H,6-12H2,1-5H3/b16-13-. The van der Waals surface area contributed by atoms with Crippen LogP contribution < -0.4 is 0 Å². The minimum Gasteiger partial charge on any atom is -0.469 e. The summed E-state index contributed by atoms with van der Waals surface area (Å²) in [7, 11) is 1.10. The van der Waals surface area contributed by atoms with E-state index in [9.17, 15) is 9.59 Å². The molecule has 132 valence electrons. The van der Waals surface area contributed by atoms with Crippen LogP contribution >= 0.6 is 0 Å². The molecule has 0 N–H and O–H groups in total. The molecule has 23 heavy (non-hydrogen) atoms. The summed E-state index contributed by atoms with van der Waals surface area (Å²) in [6, 6.07) is 0. The highest BCUT2D eigenvalue weighted by molar-refractivity contribution is 6.81. The van der Waals surface area contributed by atoms with Crippen molar-refractivity contribution in [2.24, 2.45) is 11.8 Å². The lowest BCUT2D eigenvalue weighted by Gasteiger charge is -2.25. The van der Waals surface area contributed by atoms with Gasteiger partial charge in [-0.1, -0.05) is 57.4 Å². The number of rotatable bonds is 7. The van der Waals surface area contributed by atoms with Crippen LogP contribution in [0.15, 0.2) is 11.3 Å². The molecule has 1 rings (SSSR count). The lowest BCUT2D eigenvalue weighted by molar-refractivity contribution is -0.147. The Bertz CT molecular complexity index is 431. The van der Waals surface area contributed by atoms with Crippen molar-refractivity contribution >= 4 is 20.0 Å². The molecule has 1 aliphatic carbocycles. The van der Waals surface area contributed by atoms with Crippen LogP contribution in [0.2, 0.25) is 19.6 Å². The van der Waals surface area contributed by atoms with E-state index in [0.717, 1.165) is 6.42 Å². The highest BCUT2D eigenvalue weighted by Crippen LogP contribution is 2.31. The Labute approximate surface area is 141 Å². The summed E-state index contributed by atoms with van der Waals surface area (Å²) in [6.07, 6.45) is 7.99. The fraction of sp³-hybridized carbons (Fsp3) is 0.778. The third kappa shape index (κ3) is 6.90. The van der Waals surface area contributed by atoms with Gasteiger partial charge in [0.2, 0.25) is 0 Å². The van der Waals surface area contributed by atoms with Crippen LogP contribution in [0.1, 0.15) is 44.9 Å². The fourth-order valence-corrected chi connectivity index (χ4v) is 4.56. The average Bonchev–Trinajstić information content (AvgIpc) is 2.52. The summed E-state index contributed by atoms with van der Waals surface area (Å²) in [4.78, 5) is 24.5. The average molecular weight is 341 g/mol. The van der Waals surface area contributed by atoms with E-state index in [1.807, 2.05) is 5.70 Å². The number of carbonyl (C=O) groups is 2. The van der Waals surface area contributed by atoms with E-state index in [4.69, 9.17) is 9.47 Å². The van der Waals surface area contributed by atoms with Gasteiger partial charge in [-0.25, -0.2) is 4.79 Å². The first kappa shape index (κ1) is 19.9. The molecule has 1 aliphatic rings. The molecular weight excluding hydrogens is 308 g/mol. The maximum Gasteiger partial charge on any atom is 0.333 e. The number of hydrogen-bond donors (Lipinski definition) is 0. The topological polar surface area (TPSA) is 52.6 Å². The fourth-order valence-electron chi connectivity index (χ4n) is 3.31. The zero-order chi connectivity index (χ0) is 17.5. The molecule has 0 aliphatic heterocycles. The van der Waals surface area contributed by atoms with Gasteiger partial charge in [-0.05, 0) is 18.8 Å². The first-order chi connectivity index (χ1) is 10.8. The van der Waals surface area contributed by atoms with Gasteiger partial charge in [-0.3, -0.25) is 4.79 Å². The van der Waals surface area contributed by atoms with Gasteiger partial charge < -0.3 is 9.47 Å². The first-order valence-electron chi connectivity index (χ1n) is 8.67. The Hall–Kier alpha value is -1.10. The molecule has 0 aromatic carbocycles. The van der Waals surface area contributed by atoms with Gasteiger partial charge >= 0.3 is 11.9 Å². The summed E-state index contributed by atoms with van der Waals surface area (Å²) in [5.41, 5.74) is 2.48. The van der Waals surface area contributed by atoms with E-state index >= 15 is 0 Å². The largest absolute Gasteiger partial charge is 0.469 e.